The average Bonchev–Trinajstić information content (AvgIpc) is 3.28. The van der Waals surface area contributed by atoms with Crippen molar-refractivity contribution in [1.29, 1.82) is 0 Å². The number of sulfonamides is 1. The van der Waals surface area contributed by atoms with Gasteiger partial charge in [-0.15, -0.1) is 0 Å². The van der Waals surface area contributed by atoms with Crippen molar-refractivity contribution in [2.24, 2.45) is 0 Å². The van der Waals surface area contributed by atoms with Crippen molar-refractivity contribution in [2.45, 2.75) is 18.4 Å². The first kappa shape index (κ1) is 21.3. The number of benzene rings is 3. The molecule has 1 heterocycles. The number of anilines is 1. The molecule has 9 heteroatoms. The Kier molecular flexibility index (Phi) is 6.00. The number of carbonyl (C=O) groups is 1. The molecule has 0 bridgehead atoms. The number of nitrogens with one attached hydrogen (secondary N) is 2. The van der Waals surface area contributed by atoms with Gasteiger partial charge in [-0.25, -0.2) is 8.42 Å². The Balaban J connectivity index is 1.39. The molecule has 4 aromatic rings. The summed E-state index contributed by atoms with van der Waals surface area (Å²) >= 11 is 0. The summed E-state index contributed by atoms with van der Waals surface area (Å²) in [5, 5.41) is 6.64. The highest BCUT2D eigenvalue weighted by molar-refractivity contribution is 7.92. The first-order valence-electron chi connectivity index (χ1n) is 9.76. The Morgan fingerprint density at radius 1 is 0.938 bits per heavy atom. The smallest absolute Gasteiger partial charge is 0.261 e. The second-order valence-electron chi connectivity index (χ2n) is 7.06. The van der Waals surface area contributed by atoms with Gasteiger partial charge in [-0.1, -0.05) is 41.1 Å². The number of nitrogens with zero attached hydrogens (tertiary/aromatic N) is 2. The van der Waals surface area contributed by atoms with Gasteiger partial charge < -0.3 is 9.84 Å². The predicted octanol–water partition coefficient (Wildman–Crippen LogP) is 3.78. The summed E-state index contributed by atoms with van der Waals surface area (Å²) in [4.78, 5) is 16.6. The first-order valence-corrected chi connectivity index (χ1v) is 11.2. The fourth-order valence-electron chi connectivity index (χ4n) is 2.91. The first-order chi connectivity index (χ1) is 15.4. The molecule has 8 nitrogen and oxygen atoms in total. The molecule has 0 fully saturated rings. The monoisotopic (exact) mass is 448 g/mol. The Morgan fingerprint density at radius 3 is 2.31 bits per heavy atom. The van der Waals surface area contributed by atoms with Crippen molar-refractivity contribution in [1.82, 2.24) is 15.5 Å². The van der Waals surface area contributed by atoms with E-state index in [0.29, 0.717) is 22.6 Å². The second-order valence-corrected chi connectivity index (χ2v) is 8.74. The van der Waals surface area contributed by atoms with E-state index in [1.165, 1.54) is 0 Å². The van der Waals surface area contributed by atoms with Gasteiger partial charge in [-0.05, 0) is 55.5 Å². The minimum atomic E-state index is -3.68. The third-order valence-electron chi connectivity index (χ3n) is 4.63. The lowest BCUT2D eigenvalue weighted by Crippen LogP contribution is -2.22. The zero-order valence-electron chi connectivity index (χ0n) is 17.1. The SMILES string of the molecule is Cc1ccc(S(=O)(=O)Nc2ccc(-c3noc(CNC(=O)c4ccccc4)n3)cc2)cc1. The number of aromatic nitrogens is 2. The fourth-order valence-corrected chi connectivity index (χ4v) is 3.97. The van der Waals surface area contributed by atoms with E-state index in [1.54, 1.807) is 72.8 Å². The standard InChI is InChI=1S/C23H20N4O4S/c1-16-7-13-20(14-8-16)32(29,30)27-19-11-9-17(10-12-19)22-25-21(31-26-22)15-24-23(28)18-5-3-2-4-6-18/h2-14,27H,15H2,1H3,(H,24,28). The van der Waals surface area contributed by atoms with Crippen molar-refractivity contribution in [3.8, 4) is 11.4 Å². The molecule has 3 aromatic carbocycles. The van der Waals surface area contributed by atoms with Gasteiger partial charge in [0.05, 0.1) is 11.4 Å². The maximum atomic E-state index is 12.5. The molecule has 0 unspecified atom stereocenters. The molecular formula is C23H20N4O4S. The molecule has 0 spiro atoms. The lowest BCUT2D eigenvalue weighted by Gasteiger charge is -2.08. The van der Waals surface area contributed by atoms with Crippen LogP contribution in [0.4, 0.5) is 5.69 Å². The molecule has 0 saturated heterocycles. The number of hydrogen-bond donors (Lipinski definition) is 2. The van der Waals surface area contributed by atoms with E-state index in [2.05, 4.69) is 20.2 Å². The highest BCUT2D eigenvalue weighted by atomic mass is 32.2. The van der Waals surface area contributed by atoms with Gasteiger partial charge in [0.25, 0.3) is 15.9 Å². The van der Waals surface area contributed by atoms with Crippen LogP contribution in [-0.2, 0) is 16.6 Å². The molecule has 4 rings (SSSR count). The summed E-state index contributed by atoms with van der Waals surface area (Å²) in [7, 11) is -3.68. The molecule has 1 amide bonds. The second kappa shape index (κ2) is 9.03. The van der Waals surface area contributed by atoms with E-state index in [1.807, 2.05) is 13.0 Å². The van der Waals surface area contributed by atoms with Crippen LogP contribution in [0.3, 0.4) is 0 Å². The molecule has 0 aliphatic heterocycles. The van der Waals surface area contributed by atoms with Gasteiger partial charge in [-0.2, -0.15) is 4.98 Å². The zero-order chi connectivity index (χ0) is 22.6. The van der Waals surface area contributed by atoms with E-state index >= 15 is 0 Å². The Hall–Kier alpha value is -3.98. The Morgan fingerprint density at radius 2 is 1.62 bits per heavy atom. The summed E-state index contributed by atoms with van der Waals surface area (Å²) in [6.07, 6.45) is 0. The fraction of sp³-hybridized carbons (Fsp3) is 0.0870. The van der Waals surface area contributed by atoms with Gasteiger partial charge in [-0.3, -0.25) is 9.52 Å². The third kappa shape index (κ3) is 5.01. The number of hydrogen-bond acceptors (Lipinski definition) is 6. The Labute approximate surface area is 185 Å². The molecule has 1 aromatic heterocycles. The summed E-state index contributed by atoms with van der Waals surface area (Å²) in [6.45, 7) is 1.98. The van der Waals surface area contributed by atoms with Gasteiger partial charge in [0.1, 0.15) is 0 Å². The van der Waals surface area contributed by atoms with E-state index in [9.17, 15) is 13.2 Å². The van der Waals surface area contributed by atoms with Crippen LogP contribution in [-0.4, -0.2) is 24.5 Å². The minimum absolute atomic E-state index is 0.0924. The molecule has 0 aliphatic rings. The van der Waals surface area contributed by atoms with Gasteiger partial charge >= 0.3 is 0 Å². The molecule has 0 radical (unpaired) electrons. The van der Waals surface area contributed by atoms with E-state index in [-0.39, 0.29) is 23.2 Å². The third-order valence-corrected chi connectivity index (χ3v) is 6.03. The lowest BCUT2D eigenvalue weighted by atomic mass is 10.2. The van der Waals surface area contributed by atoms with Crippen LogP contribution in [0.2, 0.25) is 0 Å². The molecular weight excluding hydrogens is 428 g/mol. The summed E-state index contributed by atoms with van der Waals surface area (Å²) in [5.74, 6) is 0.353. The van der Waals surface area contributed by atoms with Gasteiger partial charge in [0.15, 0.2) is 0 Å². The number of aryl methyl sites for hydroxylation is 1. The number of carbonyl (C=O) groups excluding carboxylic acids is 1. The van der Waals surface area contributed by atoms with E-state index in [0.717, 1.165) is 5.56 Å². The van der Waals surface area contributed by atoms with Crippen LogP contribution in [0.1, 0.15) is 21.8 Å². The summed E-state index contributed by atoms with van der Waals surface area (Å²) in [6, 6.07) is 22.0. The highest BCUT2D eigenvalue weighted by Crippen LogP contribution is 2.21. The van der Waals surface area contributed by atoms with Crippen LogP contribution < -0.4 is 10.0 Å². The van der Waals surface area contributed by atoms with Crippen LogP contribution >= 0.6 is 0 Å². The summed E-state index contributed by atoms with van der Waals surface area (Å²) < 4.78 is 32.8. The molecule has 162 valence electrons. The molecule has 0 saturated carbocycles. The average molecular weight is 449 g/mol. The number of amides is 1. The lowest BCUT2D eigenvalue weighted by molar-refractivity contribution is 0.0946. The van der Waals surface area contributed by atoms with Crippen molar-refractivity contribution >= 4 is 21.6 Å². The van der Waals surface area contributed by atoms with Crippen LogP contribution in [0.15, 0.2) is 88.3 Å². The predicted molar refractivity (Wildman–Crippen MR) is 119 cm³/mol. The summed E-state index contributed by atoms with van der Waals surface area (Å²) in [5.41, 5.74) is 2.57. The zero-order valence-corrected chi connectivity index (χ0v) is 18.0. The van der Waals surface area contributed by atoms with Gasteiger partial charge in [0, 0.05) is 16.8 Å². The molecule has 0 aliphatic carbocycles. The molecule has 32 heavy (non-hydrogen) atoms. The van der Waals surface area contributed by atoms with Crippen molar-refractivity contribution in [3.63, 3.8) is 0 Å². The van der Waals surface area contributed by atoms with Crippen LogP contribution in [0.5, 0.6) is 0 Å². The van der Waals surface area contributed by atoms with E-state index < -0.39 is 10.0 Å². The van der Waals surface area contributed by atoms with Crippen molar-refractivity contribution in [2.75, 3.05) is 4.72 Å². The van der Waals surface area contributed by atoms with Crippen molar-refractivity contribution in [3.05, 3.63) is 95.9 Å². The van der Waals surface area contributed by atoms with Crippen LogP contribution in [0.25, 0.3) is 11.4 Å². The van der Waals surface area contributed by atoms with Crippen LogP contribution in [0, 0.1) is 6.92 Å². The van der Waals surface area contributed by atoms with Gasteiger partial charge in [0.2, 0.25) is 11.7 Å². The molecule has 0 atom stereocenters. The van der Waals surface area contributed by atoms with E-state index in [4.69, 9.17) is 4.52 Å². The van der Waals surface area contributed by atoms with Crippen molar-refractivity contribution < 1.29 is 17.7 Å². The highest BCUT2D eigenvalue weighted by Gasteiger charge is 2.15. The maximum Gasteiger partial charge on any atom is 0.261 e. The normalized spacial score (nSPS) is 11.2. The number of rotatable bonds is 7. The molecule has 2 N–H and O–H groups in total. The Bertz CT molecular complexity index is 1320. The quantitative estimate of drug-likeness (QED) is 0.445. The maximum absolute atomic E-state index is 12.5. The topological polar surface area (TPSA) is 114 Å². The largest absolute Gasteiger partial charge is 0.343 e. The minimum Gasteiger partial charge on any atom is -0.343 e.